The molecular weight excluding hydrogens is 302 g/mol. The number of rotatable bonds is 1. The number of furan rings is 1. The minimum Gasteiger partial charge on any atom is -0.465 e. The Hall–Kier alpha value is -1.01. The number of carbonyl (C=O) groups excluding carboxylic acids is 1. The molecule has 0 unspecified atom stereocenters. The molecule has 0 saturated carbocycles. The summed E-state index contributed by atoms with van der Waals surface area (Å²) in [4.78, 5) is 13.2. The highest BCUT2D eigenvalue weighted by molar-refractivity contribution is 9.10. The lowest BCUT2D eigenvalue weighted by Crippen LogP contribution is -2.61. The van der Waals surface area contributed by atoms with Crippen LogP contribution >= 0.6 is 15.9 Å². The number of halogens is 1. The van der Waals surface area contributed by atoms with Crippen LogP contribution in [0, 0.1) is 0 Å². The summed E-state index contributed by atoms with van der Waals surface area (Å²) >= 11 is 3.29. The van der Waals surface area contributed by atoms with Crippen LogP contribution in [0.25, 0.3) is 0 Å². The van der Waals surface area contributed by atoms with Gasteiger partial charge in [0.05, 0.1) is 23.8 Å². The van der Waals surface area contributed by atoms with Crippen molar-refractivity contribution < 1.29 is 19.1 Å². The third-order valence-electron chi connectivity index (χ3n) is 2.60. The first-order valence-electron chi connectivity index (χ1n) is 5.65. The number of β-amino-alcohol motifs (C(OH)–C–C–N with tert-alkyl or cyclic N) is 1. The highest BCUT2D eigenvalue weighted by Crippen LogP contribution is 2.37. The fourth-order valence-electron chi connectivity index (χ4n) is 1.81. The highest BCUT2D eigenvalue weighted by Gasteiger charge is 2.49. The molecule has 100 valence electrons. The topological polar surface area (TPSA) is 62.9 Å². The van der Waals surface area contributed by atoms with Crippen molar-refractivity contribution in [3.63, 3.8) is 0 Å². The second-order valence-electron chi connectivity index (χ2n) is 5.47. The van der Waals surface area contributed by atoms with E-state index in [-0.39, 0.29) is 13.1 Å². The molecule has 1 N–H and O–H groups in total. The average molecular weight is 318 g/mol. The van der Waals surface area contributed by atoms with Crippen molar-refractivity contribution in [1.82, 2.24) is 4.90 Å². The fourth-order valence-corrected chi connectivity index (χ4v) is 2.38. The van der Waals surface area contributed by atoms with Gasteiger partial charge in [-0.25, -0.2) is 4.79 Å². The lowest BCUT2D eigenvalue weighted by atomic mass is 9.92. The van der Waals surface area contributed by atoms with Gasteiger partial charge in [-0.15, -0.1) is 0 Å². The van der Waals surface area contributed by atoms with Crippen molar-refractivity contribution in [2.45, 2.75) is 32.0 Å². The molecule has 1 aromatic rings. The zero-order valence-corrected chi connectivity index (χ0v) is 12.2. The molecule has 0 bridgehead atoms. The van der Waals surface area contributed by atoms with Crippen molar-refractivity contribution in [1.29, 1.82) is 0 Å². The number of ether oxygens (including phenoxy) is 1. The molecular formula is C12H16BrNO4. The van der Waals surface area contributed by atoms with Crippen molar-refractivity contribution in [3.05, 3.63) is 22.6 Å². The first-order valence-corrected chi connectivity index (χ1v) is 6.44. The van der Waals surface area contributed by atoms with Gasteiger partial charge in [-0.2, -0.15) is 0 Å². The van der Waals surface area contributed by atoms with Crippen LogP contribution in [-0.4, -0.2) is 34.8 Å². The Kier molecular flexibility index (Phi) is 3.19. The van der Waals surface area contributed by atoms with E-state index >= 15 is 0 Å². The molecule has 1 aromatic heterocycles. The van der Waals surface area contributed by atoms with Gasteiger partial charge in [-0.1, -0.05) is 0 Å². The average Bonchev–Trinajstić information content (AvgIpc) is 2.57. The van der Waals surface area contributed by atoms with Crippen LogP contribution in [0.3, 0.4) is 0 Å². The molecule has 1 aliphatic rings. The minimum atomic E-state index is -1.13. The standard InChI is InChI=1S/C12H16BrNO4/c1-11(2,3)18-10(15)14-6-12(16,7-14)9-8(13)4-5-17-9/h4-5,16H,6-7H2,1-3H3. The summed E-state index contributed by atoms with van der Waals surface area (Å²) in [6.07, 6.45) is 1.07. The summed E-state index contributed by atoms with van der Waals surface area (Å²) in [6, 6.07) is 1.71. The summed E-state index contributed by atoms with van der Waals surface area (Å²) < 4.78 is 11.1. The Morgan fingerprint density at radius 1 is 1.56 bits per heavy atom. The Morgan fingerprint density at radius 2 is 2.17 bits per heavy atom. The number of carbonyl (C=O) groups is 1. The predicted molar refractivity (Wildman–Crippen MR) is 68.1 cm³/mol. The van der Waals surface area contributed by atoms with E-state index in [0.29, 0.717) is 10.2 Å². The van der Waals surface area contributed by atoms with Gasteiger partial charge in [0.15, 0.2) is 11.4 Å². The van der Waals surface area contributed by atoms with Gasteiger partial charge in [0.1, 0.15) is 5.60 Å². The van der Waals surface area contributed by atoms with Gasteiger partial charge in [0.25, 0.3) is 0 Å². The third-order valence-corrected chi connectivity index (χ3v) is 3.22. The van der Waals surface area contributed by atoms with E-state index in [1.807, 2.05) is 0 Å². The van der Waals surface area contributed by atoms with Gasteiger partial charge in [-0.3, -0.25) is 0 Å². The molecule has 0 radical (unpaired) electrons. The molecule has 18 heavy (non-hydrogen) atoms. The van der Waals surface area contributed by atoms with E-state index in [4.69, 9.17) is 9.15 Å². The Bertz CT molecular complexity index is 457. The van der Waals surface area contributed by atoms with Gasteiger partial charge in [0.2, 0.25) is 0 Å². The zero-order chi connectivity index (χ0) is 13.6. The van der Waals surface area contributed by atoms with E-state index in [1.165, 1.54) is 11.2 Å². The molecule has 1 amide bonds. The molecule has 0 spiro atoms. The maximum atomic E-state index is 11.7. The van der Waals surface area contributed by atoms with E-state index in [0.717, 1.165) is 0 Å². The summed E-state index contributed by atoms with van der Waals surface area (Å²) in [5, 5.41) is 10.3. The van der Waals surface area contributed by atoms with Crippen LogP contribution in [0.4, 0.5) is 4.79 Å². The fraction of sp³-hybridized carbons (Fsp3) is 0.583. The van der Waals surface area contributed by atoms with Crippen LogP contribution in [0.1, 0.15) is 26.5 Å². The summed E-state index contributed by atoms with van der Waals surface area (Å²) in [7, 11) is 0. The lowest BCUT2D eigenvalue weighted by molar-refractivity contribution is -0.115. The molecule has 2 rings (SSSR count). The smallest absolute Gasteiger partial charge is 0.410 e. The maximum Gasteiger partial charge on any atom is 0.410 e. The second-order valence-corrected chi connectivity index (χ2v) is 6.32. The van der Waals surface area contributed by atoms with E-state index in [9.17, 15) is 9.90 Å². The first-order chi connectivity index (χ1) is 8.21. The van der Waals surface area contributed by atoms with Crippen molar-refractivity contribution in [2.75, 3.05) is 13.1 Å². The molecule has 0 aliphatic carbocycles. The monoisotopic (exact) mass is 317 g/mol. The van der Waals surface area contributed by atoms with Crippen molar-refractivity contribution >= 4 is 22.0 Å². The van der Waals surface area contributed by atoms with Gasteiger partial charge < -0.3 is 19.2 Å². The number of nitrogens with zero attached hydrogens (tertiary/aromatic N) is 1. The third kappa shape index (κ3) is 2.54. The maximum absolute atomic E-state index is 11.7. The molecule has 0 atom stereocenters. The van der Waals surface area contributed by atoms with Crippen molar-refractivity contribution in [3.8, 4) is 0 Å². The van der Waals surface area contributed by atoms with Gasteiger partial charge >= 0.3 is 6.09 Å². The van der Waals surface area contributed by atoms with E-state index in [2.05, 4.69) is 15.9 Å². The summed E-state index contributed by atoms with van der Waals surface area (Å²) in [5.74, 6) is 0.447. The largest absolute Gasteiger partial charge is 0.465 e. The number of hydrogen-bond acceptors (Lipinski definition) is 4. The summed E-state index contributed by atoms with van der Waals surface area (Å²) in [6.45, 7) is 5.77. The summed E-state index contributed by atoms with van der Waals surface area (Å²) in [5.41, 5.74) is -1.66. The number of likely N-dealkylation sites (tertiary alicyclic amines) is 1. The van der Waals surface area contributed by atoms with Crippen LogP contribution in [0.15, 0.2) is 21.2 Å². The van der Waals surface area contributed by atoms with E-state index in [1.54, 1.807) is 26.8 Å². The minimum absolute atomic E-state index is 0.175. The molecule has 6 heteroatoms. The van der Waals surface area contributed by atoms with Gasteiger partial charge in [-0.05, 0) is 42.8 Å². The normalized spacial score (nSPS) is 18.4. The van der Waals surface area contributed by atoms with Gasteiger partial charge in [0, 0.05) is 0 Å². The Balaban J connectivity index is 1.98. The van der Waals surface area contributed by atoms with E-state index < -0.39 is 17.3 Å². The molecule has 1 aliphatic heterocycles. The molecule has 5 nitrogen and oxygen atoms in total. The first kappa shape index (κ1) is 13.4. The predicted octanol–water partition coefficient (Wildman–Crippen LogP) is 2.48. The van der Waals surface area contributed by atoms with Crippen LogP contribution in [0.2, 0.25) is 0 Å². The number of aliphatic hydroxyl groups is 1. The Morgan fingerprint density at radius 3 is 2.61 bits per heavy atom. The quantitative estimate of drug-likeness (QED) is 0.864. The molecule has 2 heterocycles. The van der Waals surface area contributed by atoms with Crippen LogP contribution < -0.4 is 0 Å². The molecule has 1 saturated heterocycles. The van der Waals surface area contributed by atoms with Crippen molar-refractivity contribution in [2.24, 2.45) is 0 Å². The SMILES string of the molecule is CC(C)(C)OC(=O)N1CC(O)(c2occc2Br)C1. The second kappa shape index (κ2) is 4.28. The Labute approximate surface area is 114 Å². The molecule has 0 aromatic carbocycles. The highest BCUT2D eigenvalue weighted by atomic mass is 79.9. The van der Waals surface area contributed by atoms with Crippen LogP contribution in [0.5, 0.6) is 0 Å². The number of hydrogen-bond donors (Lipinski definition) is 1. The molecule has 1 fully saturated rings. The number of amides is 1. The lowest BCUT2D eigenvalue weighted by Gasteiger charge is -2.45. The van der Waals surface area contributed by atoms with Crippen LogP contribution in [-0.2, 0) is 10.3 Å². The zero-order valence-electron chi connectivity index (χ0n) is 10.6.